The summed E-state index contributed by atoms with van der Waals surface area (Å²) in [5, 5.41) is 8.35. The second kappa shape index (κ2) is 5.48. The maximum atomic E-state index is 14.6. The van der Waals surface area contributed by atoms with E-state index in [-0.39, 0.29) is 5.52 Å². The molecule has 0 saturated carbocycles. The topological polar surface area (TPSA) is 55.1 Å². The molecule has 1 aromatic carbocycles. The van der Waals surface area contributed by atoms with Crippen molar-refractivity contribution in [3.8, 4) is 0 Å². The van der Waals surface area contributed by atoms with Crippen LogP contribution in [0.3, 0.4) is 0 Å². The van der Waals surface area contributed by atoms with Crippen LogP contribution in [0.4, 0.5) is 10.1 Å². The quantitative estimate of drug-likeness (QED) is 0.623. The molecular weight excluding hydrogens is 317 g/mol. The van der Waals surface area contributed by atoms with Crippen LogP contribution < -0.4 is 5.32 Å². The van der Waals surface area contributed by atoms with Crippen LogP contribution in [-0.4, -0.2) is 19.6 Å². The number of rotatable bonds is 3. The summed E-state index contributed by atoms with van der Waals surface area (Å²) in [4.78, 5) is 8.27. The molecule has 0 bridgehead atoms. The highest BCUT2D eigenvalue weighted by Gasteiger charge is 2.11. The Bertz CT molecular complexity index is 1010. The zero-order valence-electron chi connectivity index (χ0n) is 11.9. The number of nitrogens with one attached hydrogen (secondary N) is 1. The van der Waals surface area contributed by atoms with E-state index in [1.807, 2.05) is 12.1 Å². The van der Waals surface area contributed by atoms with Crippen molar-refractivity contribution < 1.29 is 4.39 Å². The van der Waals surface area contributed by atoms with Crippen molar-refractivity contribution in [1.29, 1.82) is 0 Å². The van der Waals surface area contributed by atoms with Crippen molar-refractivity contribution in [2.24, 2.45) is 0 Å². The van der Waals surface area contributed by atoms with E-state index in [2.05, 4.69) is 20.4 Å². The molecule has 114 valence electrons. The average molecular weight is 328 g/mol. The van der Waals surface area contributed by atoms with Gasteiger partial charge in [-0.1, -0.05) is 11.6 Å². The van der Waals surface area contributed by atoms with Gasteiger partial charge in [0.1, 0.15) is 5.52 Å². The van der Waals surface area contributed by atoms with Crippen LogP contribution in [0.25, 0.3) is 16.6 Å². The van der Waals surface area contributed by atoms with Crippen molar-refractivity contribution in [1.82, 2.24) is 19.6 Å². The van der Waals surface area contributed by atoms with Gasteiger partial charge >= 0.3 is 0 Å². The zero-order chi connectivity index (χ0) is 15.8. The fraction of sp³-hybridized carbons (Fsp3) is 0.0625. The molecule has 23 heavy (non-hydrogen) atoms. The van der Waals surface area contributed by atoms with Gasteiger partial charge in [0.25, 0.3) is 0 Å². The minimum atomic E-state index is -0.421. The van der Waals surface area contributed by atoms with Crippen LogP contribution in [0.5, 0.6) is 0 Å². The Labute approximate surface area is 135 Å². The van der Waals surface area contributed by atoms with Crippen LogP contribution >= 0.6 is 11.6 Å². The minimum Gasteiger partial charge on any atom is -0.377 e. The lowest BCUT2D eigenvalue weighted by Gasteiger charge is -2.10. The van der Waals surface area contributed by atoms with Gasteiger partial charge in [0, 0.05) is 23.8 Å². The first-order valence-corrected chi connectivity index (χ1v) is 7.36. The van der Waals surface area contributed by atoms with E-state index in [4.69, 9.17) is 11.6 Å². The summed E-state index contributed by atoms with van der Waals surface area (Å²) in [7, 11) is 0. The molecule has 0 aliphatic rings. The van der Waals surface area contributed by atoms with Crippen molar-refractivity contribution >= 4 is 33.8 Å². The van der Waals surface area contributed by atoms with Crippen molar-refractivity contribution in [2.75, 3.05) is 5.32 Å². The Morgan fingerprint density at radius 2 is 1.91 bits per heavy atom. The van der Waals surface area contributed by atoms with Gasteiger partial charge in [-0.05, 0) is 24.3 Å². The normalized spacial score (nSPS) is 11.2. The molecule has 4 aromatic rings. The Hall–Kier alpha value is -2.73. The fourth-order valence-corrected chi connectivity index (χ4v) is 2.70. The molecule has 0 amide bonds. The first-order chi connectivity index (χ1) is 11.2. The molecule has 3 heterocycles. The lowest BCUT2D eigenvalue weighted by Crippen LogP contribution is -2.07. The number of halogens is 2. The van der Waals surface area contributed by atoms with Crippen molar-refractivity contribution in [3.05, 3.63) is 65.5 Å². The number of hydrogen-bond donors (Lipinski definition) is 1. The number of fused-ring (bicyclic) bond motifs is 2. The van der Waals surface area contributed by atoms with E-state index >= 15 is 0 Å². The molecule has 0 aliphatic carbocycles. The summed E-state index contributed by atoms with van der Waals surface area (Å²) in [6, 6.07) is 8.70. The van der Waals surface area contributed by atoms with Gasteiger partial charge in [0.05, 0.1) is 29.1 Å². The largest absolute Gasteiger partial charge is 0.377 e. The van der Waals surface area contributed by atoms with Crippen LogP contribution in [0, 0.1) is 5.82 Å². The van der Waals surface area contributed by atoms with Crippen molar-refractivity contribution in [2.45, 2.75) is 6.54 Å². The Morgan fingerprint density at radius 1 is 1.04 bits per heavy atom. The molecule has 0 unspecified atom stereocenters. The summed E-state index contributed by atoms with van der Waals surface area (Å²) in [5.74, 6) is -0.421. The maximum absolute atomic E-state index is 14.6. The third-order valence-corrected chi connectivity index (χ3v) is 3.96. The number of aromatic nitrogens is 4. The third-order valence-electron chi connectivity index (χ3n) is 3.63. The predicted molar refractivity (Wildman–Crippen MR) is 87.0 cm³/mol. The molecule has 4 rings (SSSR count). The van der Waals surface area contributed by atoms with Gasteiger partial charge in [-0.25, -0.2) is 13.9 Å². The van der Waals surface area contributed by atoms with Gasteiger partial charge in [-0.3, -0.25) is 4.98 Å². The van der Waals surface area contributed by atoms with Crippen molar-refractivity contribution in [3.63, 3.8) is 0 Å². The van der Waals surface area contributed by atoms with Crippen LogP contribution in [0.2, 0.25) is 5.02 Å². The standard InChI is InChI=1S/C16H11ClFN5/c17-12-4-7-20-16-11(12)1-2-13(15(16)18)21-9-10-3-6-19-14-5-8-22-23(10)14/h1-8,21H,9H2. The Kier molecular flexibility index (Phi) is 3.31. The van der Waals surface area contributed by atoms with E-state index in [0.29, 0.717) is 22.6 Å². The zero-order valence-corrected chi connectivity index (χ0v) is 12.6. The van der Waals surface area contributed by atoms with E-state index in [1.54, 1.807) is 35.1 Å². The Balaban J connectivity index is 1.68. The lowest BCUT2D eigenvalue weighted by atomic mass is 10.2. The molecule has 0 aliphatic heterocycles. The molecule has 0 spiro atoms. The molecule has 1 N–H and O–H groups in total. The molecule has 7 heteroatoms. The van der Waals surface area contributed by atoms with E-state index in [9.17, 15) is 4.39 Å². The van der Waals surface area contributed by atoms with Gasteiger partial charge < -0.3 is 5.32 Å². The number of anilines is 1. The van der Waals surface area contributed by atoms with Gasteiger partial charge in [0.15, 0.2) is 11.5 Å². The third kappa shape index (κ3) is 2.37. The van der Waals surface area contributed by atoms with Crippen LogP contribution in [-0.2, 0) is 6.54 Å². The SMILES string of the molecule is Fc1c(NCc2ccnc3ccnn23)ccc2c(Cl)ccnc12. The second-order valence-corrected chi connectivity index (χ2v) is 5.41. The van der Waals surface area contributed by atoms with E-state index in [1.165, 1.54) is 6.20 Å². The van der Waals surface area contributed by atoms with Crippen LogP contribution in [0.1, 0.15) is 5.69 Å². The average Bonchev–Trinajstić information content (AvgIpc) is 3.04. The summed E-state index contributed by atoms with van der Waals surface area (Å²) < 4.78 is 16.3. The summed E-state index contributed by atoms with van der Waals surface area (Å²) in [6.45, 7) is 0.406. The summed E-state index contributed by atoms with van der Waals surface area (Å²) in [5.41, 5.74) is 2.24. The highest BCUT2D eigenvalue weighted by molar-refractivity contribution is 6.35. The highest BCUT2D eigenvalue weighted by Crippen LogP contribution is 2.28. The summed E-state index contributed by atoms with van der Waals surface area (Å²) in [6.07, 6.45) is 4.87. The minimum absolute atomic E-state index is 0.251. The second-order valence-electron chi connectivity index (χ2n) is 5.01. The number of benzene rings is 1. The van der Waals surface area contributed by atoms with Gasteiger partial charge in [-0.15, -0.1) is 0 Å². The van der Waals surface area contributed by atoms with Gasteiger partial charge in [-0.2, -0.15) is 5.10 Å². The van der Waals surface area contributed by atoms with E-state index < -0.39 is 5.82 Å². The number of pyridine rings is 1. The maximum Gasteiger partial charge on any atom is 0.172 e. The molecule has 5 nitrogen and oxygen atoms in total. The first-order valence-electron chi connectivity index (χ1n) is 6.98. The fourth-order valence-electron chi connectivity index (χ4n) is 2.49. The molecule has 0 saturated heterocycles. The predicted octanol–water partition coefficient (Wildman–Crippen LogP) is 3.68. The monoisotopic (exact) mass is 327 g/mol. The molecule has 0 radical (unpaired) electrons. The smallest absolute Gasteiger partial charge is 0.172 e. The first kappa shape index (κ1) is 13.9. The van der Waals surface area contributed by atoms with Gasteiger partial charge in [0.2, 0.25) is 0 Å². The van der Waals surface area contributed by atoms with E-state index in [0.717, 1.165) is 11.3 Å². The molecule has 0 atom stereocenters. The highest BCUT2D eigenvalue weighted by atomic mass is 35.5. The molecule has 0 fully saturated rings. The number of nitrogens with zero attached hydrogens (tertiary/aromatic N) is 4. The Morgan fingerprint density at radius 3 is 2.83 bits per heavy atom. The molecular formula is C16H11ClFN5. The lowest BCUT2D eigenvalue weighted by molar-refractivity contribution is 0.638. The molecule has 3 aromatic heterocycles. The summed E-state index contributed by atoms with van der Waals surface area (Å²) >= 11 is 6.06. The number of hydrogen-bond acceptors (Lipinski definition) is 4. The van der Waals surface area contributed by atoms with Crippen LogP contribution in [0.15, 0.2) is 48.9 Å².